The Bertz CT molecular complexity index is 1640. The Morgan fingerprint density at radius 2 is 1.95 bits per heavy atom. The molecule has 4 aromatic heterocycles. The van der Waals surface area contributed by atoms with Gasteiger partial charge in [-0.2, -0.15) is 5.10 Å². The number of aliphatic hydroxyl groups is 1. The van der Waals surface area contributed by atoms with Gasteiger partial charge in [0.1, 0.15) is 34.4 Å². The van der Waals surface area contributed by atoms with Gasteiger partial charge in [-0.1, -0.05) is 24.4 Å². The molecular weight excluding hydrogens is 504 g/mol. The van der Waals surface area contributed by atoms with Crippen molar-refractivity contribution in [2.45, 2.75) is 51.7 Å². The SMILES string of the molecule is [2H]C([2H])(Oc1cc(C)n(-c2cc(-n3ccc(C4(O)CCCC4)n3)ncc2C)c(=O)c1Cl)c1ncc(F)cc1F. The number of ether oxygens (including phenoxy) is 1. The number of halogens is 3. The van der Waals surface area contributed by atoms with Crippen LogP contribution < -0.4 is 10.3 Å². The Morgan fingerprint density at radius 3 is 2.68 bits per heavy atom. The Balaban J connectivity index is 1.51. The minimum absolute atomic E-state index is 0.334. The molecule has 192 valence electrons. The van der Waals surface area contributed by atoms with Crippen LogP contribution in [-0.2, 0) is 12.2 Å². The van der Waals surface area contributed by atoms with Crippen LogP contribution >= 0.6 is 11.6 Å². The van der Waals surface area contributed by atoms with Gasteiger partial charge in [0, 0.05) is 36.3 Å². The molecule has 11 heteroatoms. The molecule has 1 aliphatic carbocycles. The van der Waals surface area contributed by atoms with Crippen LogP contribution in [0.4, 0.5) is 8.78 Å². The largest absolute Gasteiger partial charge is 0.485 e. The van der Waals surface area contributed by atoms with Gasteiger partial charge in [-0.15, -0.1) is 0 Å². The highest BCUT2D eigenvalue weighted by Crippen LogP contribution is 2.37. The molecule has 4 aromatic rings. The van der Waals surface area contributed by atoms with Gasteiger partial charge < -0.3 is 9.84 Å². The first-order chi connectivity index (χ1) is 18.4. The minimum Gasteiger partial charge on any atom is -0.485 e. The smallest absolute Gasteiger partial charge is 0.277 e. The number of nitrogens with zero attached hydrogens (tertiary/aromatic N) is 5. The summed E-state index contributed by atoms with van der Waals surface area (Å²) in [5, 5.41) is 14.9. The Hall–Kier alpha value is -3.63. The van der Waals surface area contributed by atoms with Crippen molar-refractivity contribution >= 4 is 11.6 Å². The first-order valence-electron chi connectivity index (χ1n) is 12.6. The number of aromatic nitrogens is 5. The van der Waals surface area contributed by atoms with E-state index in [4.69, 9.17) is 19.1 Å². The van der Waals surface area contributed by atoms with Gasteiger partial charge in [0.05, 0.1) is 20.3 Å². The summed E-state index contributed by atoms with van der Waals surface area (Å²) >= 11 is 6.32. The maximum atomic E-state index is 14.2. The van der Waals surface area contributed by atoms with Crippen LogP contribution in [0.2, 0.25) is 5.02 Å². The van der Waals surface area contributed by atoms with Crippen molar-refractivity contribution < 1.29 is 21.4 Å². The Morgan fingerprint density at radius 1 is 1.19 bits per heavy atom. The summed E-state index contributed by atoms with van der Waals surface area (Å²) in [6.45, 7) is 0.499. The highest BCUT2D eigenvalue weighted by Gasteiger charge is 2.35. The third kappa shape index (κ3) is 4.74. The van der Waals surface area contributed by atoms with Crippen molar-refractivity contribution in [3.05, 3.63) is 92.5 Å². The van der Waals surface area contributed by atoms with Crippen LogP contribution in [0.3, 0.4) is 0 Å². The van der Waals surface area contributed by atoms with E-state index in [0.717, 1.165) is 12.8 Å². The van der Waals surface area contributed by atoms with Gasteiger partial charge in [0.25, 0.3) is 5.56 Å². The van der Waals surface area contributed by atoms with Crippen molar-refractivity contribution in [1.82, 2.24) is 24.3 Å². The van der Waals surface area contributed by atoms with E-state index in [1.807, 2.05) is 0 Å². The highest BCUT2D eigenvalue weighted by atomic mass is 35.5. The van der Waals surface area contributed by atoms with Gasteiger partial charge in [0.2, 0.25) is 0 Å². The fourth-order valence-corrected chi connectivity index (χ4v) is 4.61. The molecular formula is C26H24ClF2N5O3. The monoisotopic (exact) mass is 529 g/mol. The lowest BCUT2D eigenvalue weighted by molar-refractivity contribution is 0.0396. The summed E-state index contributed by atoms with van der Waals surface area (Å²) in [6.07, 6.45) is 7.05. The molecule has 1 saturated carbocycles. The van der Waals surface area contributed by atoms with Crippen LogP contribution in [0.1, 0.15) is 51.1 Å². The quantitative estimate of drug-likeness (QED) is 0.389. The average Bonchev–Trinajstić information content (AvgIpc) is 3.54. The van der Waals surface area contributed by atoms with Crippen LogP contribution in [0.15, 0.2) is 47.7 Å². The van der Waals surface area contributed by atoms with Crippen LogP contribution in [0.5, 0.6) is 5.75 Å². The van der Waals surface area contributed by atoms with E-state index in [9.17, 15) is 18.7 Å². The fraction of sp³-hybridized carbons (Fsp3) is 0.308. The molecule has 37 heavy (non-hydrogen) atoms. The van der Waals surface area contributed by atoms with E-state index in [0.29, 0.717) is 53.6 Å². The Labute approximate surface area is 219 Å². The second kappa shape index (κ2) is 9.68. The second-order valence-electron chi connectivity index (χ2n) is 9.01. The van der Waals surface area contributed by atoms with Gasteiger partial charge in [-0.05, 0) is 38.3 Å². The molecule has 0 spiro atoms. The average molecular weight is 530 g/mol. The molecule has 1 aliphatic rings. The van der Waals surface area contributed by atoms with E-state index in [1.165, 1.54) is 15.3 Å². The lowest BCUT2D eigenvalue weighted by Gasteiger charge is -2.19. The maximum Gasteiger partial charge on any atom is 0.277 e. The van der Waals surface area contributed by atoms with Gasteiger partial charge in [-0.3, -0.25) is 14.3 Å². The lowest BCUT2D eigenvalue weighted by atomic mass is 9.99. The zero-order valence-electron chi connectivity index (χ0n) is 22.0. The number of hydrogen-bond acceptors (Lipinski definition) is 6. The molecule has 0 unspecified atom stereocenters. The Kier molecular flexibility index (Phi) is 5.90. The molecule has 0 aromatic carbocycles. The van der Waals surface area contributed by atoms with Crippen molar-refractivity contribution in [3.63, 3.8) is 0 Å². The van der Waals surface area contributed by atoms with E-state index in [2.05, 4.69) is 15.1 Å². The van der Waals surface area contributed by atoms with Gasteiger partial charge in [0.15, 0.2) is 11.6 Å². The third-order valence-corrected chi connectivity index (χ3v) is 6.75. The van der Waals surface area contributed by atoms with Crippen molar-refractivity contribution in [2.24, 2.45) is 0 Å². The zero-order valence-corrected chi connectivity index (χ0v) is 20.8. The standard InChI is InChI=1S/C26H24ClF2N5O3/c1-15-12-31-23(33-8-5-22(32-33)26(36)6-3-4-7-26)11-20(15)34-16(2)9-21(24(27)25(34)35)37-14-19-18(29)10-17(28)13-30-19/h5,8-13,36H,3-4,6-7,14H2,1-2H3/i14D2. The van der Waals surface area contributed by atoms with Gasteiger partial charge >= 0.3 is 0 Å². The molecule has 8 nitrogen and oxygen atoms in total. The van der Waals surface area contributed by atoms with Crippen LogP contribution in [0.25, 0.3) is 11.5 Å². The van der Waals surface area contributed by atoms with E-state index in [1.54, 1.807) is 38.4 Å². The number of rotatable bonds is 6. The van der Waals surface area contributed by atoms with Crippen LogP contribution in [-0.4, -0.2) is 29.4 Å². The van der Waals surface area contributed by atoms with E-state index < -0.39 is 40.1 Å². The van der Waals surface area contributed by atoms with Crippen molar-refractivity contribution in [3.8, 4) is 17.3 Å². The second-order valence-corrected chi connectivity index (χ2v) is 9.38. The molecule has 0 bridgehead atoms. The summed E-state index contributed by atoms with van der Waals surface area (Å²) in [5.41, 5.74) is -0.487. The lowest BCUT2D eigenvalue weighted by Crippen LogP contribution is -2.23. The zero-order chi connectivity index (χ0) is 28.1. The molecule has 0 radical (unpaired) electrons. The molecule has 1 N–H and O–H groups in total. The maximum absolute atomic E-state index is 14.2. The van der Waals surface area contributed by atoms with Crippen molar-refractivity contribution in [2.75, 3.05) is 0 Å². The van der Waals surface area contributed by atoms with E-state index >= 15 is 0 Å². The summed E-state index contributed by atoms with van der Waals surface area (Å²) in [6, 6.07) is 5.21. The molecule has 1 fully saturated rings. The summed E-state index contributed by atoms with van der Waals surface area (Å²) in [7, 11) is 0. The summed E-state index contributed by atoms with van der Waals surface area (Å²) < 4.78 is 51.8. The first kappa shape index (κ1) is 22.6. The number of aryl methyl sites for hydroxylation is 2. The number of pyridine rings is 3. The van der Waals surface area contributed by atoms with Crippen LogP contribution in [0, 0.1) is 25.5 Å². The summed E-state index contributed by atoms with van der Waals surface area (Å²) in [4.78, 5) is 21.3. The molecule has 0 aliphatic heterocycles. The minimum atomic E-state index is -2.85. The van der Waals surface area contributed by atoms with Crippen molar-refractivity contribution in [1.29, 1.82) is 0 Å². The fourth-order valence-electron chi connectivity index (χ4n) is 4.43. The predicted octanol–water partition coefficient (Wildman–Crippen LogP) is 4.70. The number of hydrogen-bond donors (Lipinski definition) is 1. The predicted molar refractivity (Wildman–Crippen MR) is 132 cm³/mol. The molecule has 5 rings (SSSR count). The third-order valence-electron chi connectivity index (χ3n) is 6.40. The molecule has 0 amide bonds. The molecule has 0 atom stereocenters. The molecule has 4 heterocycles. The normalized spacial score (nSPS) is 15.9. The van der Waals surface area contributed by atoms with E-state index in [-0.39, 0.29) is 5.75 Å². The van der Waals surface area contributed by atoms with Gasteiger partial charge in [-0.25, -0.2) is 18.4 Å². The first-order valence-corrected chi connectivity index (χ1v) is 12.0. The topological polar surface area (TPSA) is 95.1 Å². The highest BCUT2D eigenvalue weighted by molar-refractivity contribution is 6.31. The molecule has 0 saturated heterocycles. The summed E-state index contributed by atoms with van der Waals surface area (Å²) in [5.74, 6) is -2.15.